The average Bonchev–Trinajstić information content (AvgIpc) is 2.93. The van der Waals surface area contributed by atoms with E-state index in [2.05, 4.69) is 15.5 Å². The van der Waals surface area contributed by atoms with Crippen molar-refractivity contribution >= 4 is 17.3 Å². The van der Waals surface area contributed by atoms with Gasteiger partial charge in [0.05, 0.1) is 5.69 Å². The maximum atomic E-state index is 6.18. The summed E-state index contributed by atoms with van der Waals surface area (Å²) in [6, 6.07) is 11.4. The van der Waals surface area contributed by atoms with E-state index in [1.807, 2.05) is 50.2 Å². The number of benzene rings is 2. The molecule has 0 aliphatic heterocycles. The molecule has 0 bridgehead atoms. The number of anilines is 1. The molecule has 2 N–H and O–H groups in total. The predicted octanol–water partition coefficient (Wildman–Crippen LogP) is 3.18. The van der Waals surface area contributed by atoms with Crippen LogP contribution in [0, 0.1) is 13.8 Å². The molecule has 0 aliphatic rings. The van der Waals surface area contributed by atoms with Gasteiger partial charge in [0, 0.05) is 16.3 Å². The van der Waals surface area contributed by atoms with Crippen LogP contribution in [-0.2, 0) is 0 Å². The molecule has 3 rings (SSSR count). The first-order valence-electron chi connectivity index (χ1n) is 6.47. The van der Waals surface area contributed by atoms with Crippen LogP contribution < -0.4 is 5.73 Å². The summed E-state index contributed by atoms with van der Waals surface area (Å²) in [5.74, 6) is 0.639. The number of tetrazole rings is 1. The molecule has 0 aliphatic carbocycles. The van der Waals surface area contributed by atoms with Crippen molar-refractivity contribution in [2.45, 2.75) is 13.8 Å². The lowest BCUT2D eigenvalue weighted by Crippen LogP contribution is -2.01. The van der Waals surface area contributed by atoms with Crippen molar-refractivity contribution in [2.24, 2.45) is 0 Å². The molecule has 0 atom stereocenters. The first kappa shape index (κ1) is 13.6. The van der Waals surface area contributed by atoms with Crippen LogP contribution in [0.25, 0.3) is 17.1 Å². The Kier molecular flexibility index (Phi) is 3.35. The van der Waals surface area contributed by atoms with Gasteiger partial charge in [-0.15, -0.1) is 5.10 Å². The highest BCUT2D eigenvalue weighted by Crippen LogP contribution is 2.26. The van der Waals surface area contributed by atoms with E-state index in [4.69, 9.17) is 17.3 Å². The van der Waals surface area contributed by atoms with Crippen molar-refractivity contribution in [2.75, 3.05) is 5.73 Å². The van der Waals surface area contributed by atoms with Gasteiger partial charge in [-0.2, -0.15) is 4.68 Å². The third-order valence-electron chi connectivity index (χ3n) is 3.37. The zero-order valence-electron chi connectivity index (χ0n) is 11.7. The SMILES string of the molecule is Cc1ccc(-n2nnnc2-c2cc(N)ccc2C)cc1Cl. The van der Waals surface area contributed by atoms with Gasteiger partial charge in [0.15, 0.2) is 5.82 Å². The number of halogens is 1. The molecule has 0 amide bonds. The summed E-state index contributed by atoms with van der Waals surface area (Å²) in [6.07, 6.45) is 0. The molecule has 6 heteroatoms. The fourth-order valence-electron chi connectivity index (χ4n) is 2.12. The first-order valence-corrected chi connectivity index (χ1v) is 6.85. The third kappa shape index (κ3) is 2.48. The average molecular weight is 300 g/mol. The molecule has 3 aromatic rings. The van der Waals surface area contributed by atoms with E-state index in [9.17, 15) is 0 Å². The molecule has 21 heavy (non-hydrogen) atoms. The van der Waals surface area contributed by atoms with Gasteiger partial charge in [-0.25, -0.2) is 0 Å². The summed E-state index contributed by atoms with van der Waals surface area (Å²) in [6.45, 7) is 3.95. The van der Waals surface area contributed by atoms with Crippen molar-refractivity contribution < 1.29 is 0 Å². The van der Waals surface area contributed by atoms with Crippen LogP contribution in [0.5, 0.6) is 0 Å². The van der Waals surface area contributed by atoms with E-state index < -0.39 is 0 Å². The third-order valence-corrected chi connectivity index (χ3v) is 3.78. The predicted molar refractivity (Wildman–Crippen MR) is 83.5 cm³/mol. The maximum Gasteiger partial charge on any atom is 0.187 e. The minimum absolute atomic E-state index is 0.639. The topological polar surface area (TPSA) is 69.6 Å². The Morgan fingerprint density at radius 3 is 2.57 bits per heavy atom. The minimum Gasteiger partial charge on any atom is -0.399 e. The lowest BCUT2D eigenvalue weighted by Gasteiger charge is -2.09. The summed E-state index contributed by atoms with van der Waals surface area (Å²) in [7, 11) is 0. The van der Waals surface area contributed by atoms with Gasteiger partial charge >= 0.3 is 0 Å². The second kappa shape index (κ2) is 5.18. The van der Waals surface area contributed by atoms with Gasteiger partial charge in [0.1, 0.15) is 0 Å². The summed E-state index contributed by atoms with van der Waals surface area (Å²) < 4.78 is 1.66. The Balaban J connectivity index is 2.17. The van der Waals surface area contributed by atoms with E-state index in [0.29, 0.717) is 16.5 Å². The number of hydrogen-bond acceptors (Lipinski definition) is 4. The number of hydrogen-bond donors (Lipinski definition) is 1. The molecule has 0 fully saturated rings. The fourth-order valence-corrected chi connectivity index (χ4v) is 2.30. The quantitative estimate of drug-likeness (QED) is 0.738. The molecule has 106 valence electrons. The van der Waals surface area contributed by atoms with E-state index in [1.165, 1.54) is 0 Å². The highest BCUT2D eigenvalue weighted by molar-refractivity contribution is 6.31. The Morgan fingerprint density at radius 1 is 1.05 bits per heavy atom. The number of nitrogen functional groups attached to an aromatic ring is 1. The lowest BCUT2D eigenvalue weighted by atomic mass is 10.1. The first-order chi connectivity index (χ1) is 10.1. The van der Waals surface area contributed by atoms with Crippen LogP contribution in [0.3, 0.4) is 0 Å². The second-order valence-corrected chi connectivity index (χ2v) is 5.33. The van der Waals surface area contributed by atoms with Crippen LogP contribution in [0.15, 0.2) is 36.4 Å². The molecule has 5 nitrogen and oxygen atoms in total. The van der Waals surface area contributed by atoms with Gasteiger partial charge in [-0.1, -0.05) is 23.7 Å². The Bertz CT molecular complexity index is 810. The zero-order valence-corrected chi connectivity index (χ0v) is 12.5. The molecule has 0 unspecified atom stereocenters. The van der Waals surface area contributed by atoms with E-state index in [0.717, 1.165) is 22.4 Å². The molecular weight excluding hydrogens is 286 g/mol. The highest BCUT2D eigenvalue weighted by atomic mass is 35.5. The second-order valence-electron chi connectivity index (χ2n) is 4.92. The zero-order chi connectivity index (χ0) is 15.0. The molecule has 2 aromatic carbocycles. The van der Waals surface area contributed by atoms with Gasteiger partial charge in [-0.3, -0.25) is 0 Å². The van der Waals surface area contributed by atoms with Gasteiger partial charge in [0.25, 0.3) is 0 Å². The molecule has 0 saturated heterocycles. The number of nitrogens with zero attached hydrogens (tertiary/aromatic N) is 4. The number of rotatable bonds is 2. The lowest BCUT2D eigenvalue weighted by molar-refractivity contribution is 0.791. The van der Waals surface area contributed by atoms with Gasteiger partial charge < -0.3 is 5.73 Å². The van der Waals surface area contributed by atoms with Crippen molar-refractivity contribution in [3.63, 3.8) is 0 Å². The summed E-state index contributed by atoms with van der Waals surface area (Å²) in [5.41, 5.74) is 10.3. The van der Waals surface area contributed by atoms with Crippen LogP contribution in [0.2, 0.25) is 5.02 Å². The van der Waals surface area contributed by atoms with Crippen LogP contribution >= 0.6 is 11.6 Å². The van der Waals surface area contributed by atoms with Crippen molar-refractivity contribution in [1.82, 2.24) is 20.2 Å². The molecule has 0 radical (unpaired) electrons. The number of nitrogens with two attached hydrogens (primary N) is 1. The van der Waals surface area contributed by atoms with Crippen molar-refractivity contribution in [1.29, 1.82) is 0 Å². The normalized spacial score (nSPS) is 10.8. The Morgan fingerprint density at radius 2 is 1.81 bits per heavy atom. The molecule has 1 heterocycles. The van der Waals surface area contributed by atoms with E-state index in [1.54, 1.807) is 4.68 Å². The summed E-state index contributed by atoms with van der Waals surface area (Å²) in [4.78, 5) is 0. The number of aromatic nitrogens is 4. The summed E-state index contributed by atoms with van der Waals surface area (Å²) >= 11 is 6.18. The van der Waals surface area contributed by atoms with Crippen molar-refractivity contribution in [3.8, 4) is 17.1 Å². The number of aryl methyl sites for hydroxylation is 2. The van der Waals surface area contributed by atoms with Gasteiger partial charge in [-0.05, 0) is 59.7 Å². The van der Waals surface area contributed by atoms with Crippen LogP contribution in [-0.4, -0.2) is 20.2 Å². The largest absolute Gasteiger partial charge is 0.399 e. The molecule has 0 saturated carbocycles. The fraction of sp³-hybridized carbons (Fsp3) is 0.133. The van der Waals surface area contributed by atoms with Gasteiger partial charge in [0.2, 0.25) is 0 Å². The standard InChI is InChI=1S/C15H14ClN5/c1-9-3-5-11(17)7-13(9)15-18-19-20-21(15)12-6-4-10(2)14(16)8-12/h3-8H,17H2,1-2H3. The van der Waals surface area contributed by atoms with E-state index in [-0.39, 0.29) is 0 Å². The van der Waals surface area contributed by atoms with Crippen molar-refractivity contribution in [3.05, 3.63) is 52.5 Å². The monoisotopic (exact) mass is 299 g/mol. The Hall–Kier alpha value is -2.40. The minimum atomic E-state index is 0.639. The molecular formula is C15H14ClN5. The van der Waals surface area contributed by atoms with E-state index >= 15 is 0 Å². The molecule has 1 aromatic heterocycles. The Labute approximate surface area is 127 Å². The highest BCUT2D eigenvalue weighted by Gasteiger charge is 2.14. The smallest absolute Gasteiger partial charge is 0.187 e. The van der Waals surface area contributed by atoms with Crippen LogP contribution in [0.1, 0.15) is 11.1 Å². The maximum absolute atomic E-state index is 6.18. The molecule has 0 spiro atoms. The van der Waals surface area contributed by atoms with Crippen LogP contribution in [0.4, 0.5) is 5.69 Å². The summed E-state index contributed by atoms with van der Waals surface area (Å²) in [5, 5.41) is 12.6.